The largest absolute Gasteiger partial charge is 0.444 e. The number of carbonyl (C=O) groups is 2. The number of hydrogen-bond acceptors (Lipinski definition) is 6. The summed E-state index contributed by atoms with van der Waals surface area (Å²) in [7, 11) is -3.18. The standard InChI is InChI=1S/C23H30F2N4O6S/c1-13-8-15(6-7-16(13)24)26-21(31)20-19(25)18(11-28(20)5)36(33,34)27-17-10-29(9-14(17)12-30)22(32)35-23(2,3)4/h6-8,11,14,17,27,30H,9-10,12H2,1-5H3,(H,26,31)/t14-,17+/m1/s1. The van der Waals surface area contributed by atoms with Crippen molar-refractivity contribution in [1.29, 1.82) is 0 Å². The minimum Gasteiger partial charge on any atom is -0.444 e. The molecule has 2 heterocycles. The van der Waals surface area contributed by atoms with Crippen LogP contribution < -0.4 is 10.0 Å². The molecule has 0 saturated carbocycles. The summed E-state index contributed by atoms with van der Waals surface area (Å²) in [6.07, 6.45) is 0.292. The Kier molecular flexibility index (Phi) is 7.77. The van der Waals surface area contributed by atoms with Gasteiger partial charge in [-0.3, -0.25) is 4.79 Å². The van der Waals surface area contributed by atoms with Crippen molar-refractivity contribution in [2.75, 3.05) is 25.0 Å². The number of ether oxygens (including phenoxy) is 1. The number of aliphatic hydroxyl groups excluding tert-OH is 1. The molecule has 0 bridgehead atoms. The zero-order valence-electron chi connectivity index (χ0n) is 20.6. The van der Waals surface area contributed by atoms with E-state index in [2.05, 4.69) is 10.0 Å². The molecule has 198 valence electrons. The smallest absolute Gasteiger partial charge is 0.410 e. The molecule has 13 heteroatoms. The van der Waals surface area contributed by atoms with Gasteiger partial charge in [-0.1, -0.05) is 0 Å². The van der Waals surface area contributed by atoms with Gasteiger partial charge in [-0.2, -0.15) is 0 Å². The Morgan fingerprint density at radius 2 is 1.89 bits per heavy atom. The molecular formula is C23H30F2N4O6S. The zero-order valence-corrected chi connectivity index (χ0v) is 21.4. The van der Waals surface area contributed by atoms with E-state index in [4.69, 9.17) is 4.74 Å². The topological polar surface area (TPSA) is 130 Å². The number of rotatable bonds is 6. The Morgan fingerprint density at radius 3 is 2.47 bits per heavy atom. The lowest BCUT2D eigenvalue weighted by molar-refractivity contribution is 0.0282. The third-order valence-electron chi connectivity index (χ3n) is 5.64. The second-order valence-electron chi connectivity index (χ2n) is 9.74. The van der Waals surface area contributed by atoms with Gasteiger partial charge in [0.1, 0.15) is 22.0 Å². The number of nitrogens with zero attached hydrogens (tertiary/aromatic N) is 2. The molecule has 1 aromatic heterocycles. The maximum atomic E-state index is 15.2. The van der Waals surface area contributed by atoms with Crippen LogP contribution in [0, 0.1) is 24.5 Å². The lowest BCUT2D eigenvalue weighted by atomic mass is 10.1. The van der Waals surface area contributed by atoms with Crippen LogP contribution in [0.15, 0.2) is 29.3 Å². The summed E-state index contributed by atoms with van der Waals surface area (Å²) in [6.45, 7) is 6.09. The number of aliphatic hydroxyl groups is 1. The molecule has 3 N–H and O–H groups in total. The number of halogens is 2. The first-order valence-corrected chi connectivity index (χ1v) is 12.6. The highest BCUT2D eigenvalue weighted by Crippen LogP contribution is 2.25. The van der Waals surface area contributed by atoms with E-state index < -0.39 is 68.4 Å². The van der Waals surface area contributed by atoms with Crippen molar-refractivity contribution in [1.82, 2.24) is 14.2 Å². The number of sulfonamides is 1. The summed E-state index contributed by atoms with van der Waals surface area (Å²) in [5.74, 6) is -3.32. The average Bonchev–Trinajstić information content (AvgIpc) is 3.29. The maximum absolute atomic E-state index is 15.2. The SMILES string of the molecule is Cc1cc(NC(=O)c2c(F)c(S(=O)(=O)N[C@H]3CN(C(=O)OC(C)(C)C)C[C@@H]3CO)cn2C)ccc1F. The quantitative estimate of drug-likeness (QED) is 0.528. The molecular weight excluding hydrogens is 498 g/mol. The highest BCUT2D eigenvalue weighted by molar-refractivity contribution is 7.89. The summed E-state index contributed by atoms with van der Waals surface area (Å²) in [4.78, 5) is 25.6. The van der Waals surface area contributed by atoms with E-state index in [1.807, 2.05) is 0 Å². The highest BCUT2D eigenvalue weighted by Gasteiger charge is 2.40. The first-order valence-electron chi connectivity index (χ1n) is 11.2. The van der Waals surface area contributed by atoms with Crippen LogP contribution in [0.5, 0.6) is 0 Å². The summed E-state index contributed by atoms with van der Waals surface area (Å²) in [6, 6.07) is 2.89. The van der Waals surface area contributed by atoms with Gasteiger partial charge in [0.2, 0.25) is 10.0 Å². The number of amides is 2. The maximum Gasteiger partial charge on any atom is 0.410 e. The van der Waals surface area contributed by atoms with Crippen LogP contribution in [0.4, 0.5) is 19.3 Å². The molecule has 1 saturated heterocycles. The van der Waals surface area contributed by atoms with Gasteiger partial charge in [0.25, 0.3) is 5.91 Å². The van der Waals surface area contributed by atoms with Crippen LogP contribution in [0.2, 0.25) is 0 Å². The van der Waals surface area contributed by atoms with Crippen molar-refractivity contribution < 1.29 is 36.6 Å². The molecule has 0 unspecified atom stereocenters. The number of anilines is 1. The van der Waals surface area contributed by atoms with Crippen LogP contribution in [-0.2, 0) is 21.8 Å². The molecule has 0 spiro atoms. The Balaban J connectivity index is 1.80. The van der Waals surface area contributed by atoms with Crippen LogP contribution in [0.25, 0.3) is 0 Å². The fraction of sp³-hybridized carbons (Fsp3) is 0.478. The normalized spacial score (nSPS) is 18.4. The first kappa shape index (κ1) is 27.6. The third kappa shape index (κ3) is 6.02. The van der Waals surface area contributed by atoms with Gasteiger partial charge in [-0.15, -0.1) is 0 Å². The van der Waals surface area contributed by atoms with Crippen molar-refractivity contribution in [3.8, 4) is 0 Å². The first-order chi connectivity index (χ1) is 16.6. The molecule has 1 aliphatic rings. The van der Waals surface area contributed by atoms with Crippen LogP contribution in [0.3, 0.4) is 0 Å². The number of aryl methyl sites for hydroxylation is 2. The molecule has 0 aliphatic carbocycles. The summed E-state index contributed by atoms with van der Waals surface area (Å²) >= 11 is 0. The van der Waals surface area contributed by atoms with Crippen molar-refractivity contribution in [3.05, 3.63) is 47.3 Å². The summed E-state index contributed by atoms with van der Waals surface area (Å²) < 4.78 is 63.5. The van der Waals surface area contributed by atoms with Crippen LogP contribution in [0.1, 0.15) is 36.8 Å². The van der Waals surface area contributed by atoms with Crippen LogP contribution in [-0.4, -0.2) is 66.3 Å². The van der Waals surface area contributed by atoms with Crippen molar-refractivity contribution in [3.63, 3.8) is 0 Å². The molecule has 2 aromatic rings. The zero-order chi connectivity index (χ0) is 27.0. The van der Waals surface area contributed by atoms with E-state index in [1.165, 1.54) is 31.0 Å². The number of nitrogens with one attached hydrogen (secondary N) is 2. The number of hydrogen-bond donors (Lipinski definition) is 3. The molecule has 0 radical (unpaired) electrons. The van der Waals surface area contributed by atoms with Crippen molar-refractivity contribution >= 4 is 27.7 Å². The monoisotopic (exact) mass is 528 g/mol. The average molecular weight is 529 g/mol. The number of aromatic nitrogens is 1. The van der Waals surface area contributed by atoms with Gasteiger partial charge in [-0.05, 0) is 51.5 Å². The molecule has 2 amide bonds. The minimum atomic E-state index is -4.49. The number of carbonyl (C=O) groups excluding carboxylic acids is 2. The number of likely N-dealkylation sites (tertiary alicyclic amines) is 1. The van der Waals surface area contributed by atoms with Gasteiger partial charge in [-0.25, -0.2) is 26.7 Å². The minimum absolute atomic E-state index is 0.0423. The Labute approximate surface area is 208 Å². The van der Waals surface area contributed by atoms with Gasteiger partial charge in [0, 0.05) is 50.6 Å². The van der Waals surface area contributed by atoms with E-state index in [9.17, 15) is 27.5 Å². The molecule has 1 aliphatic heterocycles. The summed E-state index contributed by atoms with van der Waals surface area (Å²) in [5, 5.41) is 12.1. The summed E-state index contributed by atoms with van der Waals surface area (Å²) in [5.41, 5.74) is -0.831. The van der Waals surface area contributed by atoms with E-state index in [0.717, 1.165) is 16.8 Å². The third-order valence-corrected chi connectivity index (χ3v) is 7.12. The second-order valence-corrected chi connectivity index (χ2v) is 11.4. The van der Waals surface area contributed by atoms with Gasteiger partial charge < -0.3 is 24.6 Å². The Bertz CT molecular complexity index is 1270. The lowest BCUT2D eigenvalue weighted by Gasteiger charge is -2.24. The Hall–Kier alpha value is -3.03. The van der Waals surface area contributed by atoms with Gasteiger partial charge >= 0.3 is 6.09 Å². The Morgan fingerprint density at radius 1 is 1.22 bits per heavy atom. The molecule has 2 atom stereocenters. The fourth-order valence-corrected chi connectivity index (χ4v) is 5.28. The van der Waals surface area contributed by atoms with Crippen molar-refractivity contribution in [2.45, 2.75) is 44.2 Å². The molecule has 1 fully saturated rings. The number of benzene rings is 1. The van der Waals surface area contributed by atoms with E-state index in [0.29, 0.717) is 0 Å². The molecule has 1 aromatic carbocycles. The van der Waals surface area contributed by atoms with E-state index >= 15 is 4.39 Å². The fourth-order valence-electron chi connectivity index (χ4n) is 3.86. The van der Waals surface area contributed by atoms with Crippen molar-refractivity contribution in [2.24, 2.45) is 13.0 Å². The van der Waals surface area contributed by atoms with Crippen LogP contribution >= 0.6 is 0 Å². The molecule has 3 rings (SSSR count). The second kappa shape index (κ2) is 10.1. The lowest BCUT2D eigenvalue weighted by Crippen LogP contribution is -2.42. The molecule has 10 nitrogen and oxygen atoms in total. The highest BCUT2D eigenvalue weighted by atomic mass is 32.2. The predicted molar refractivity (Wildman–Crippen MR) is 127 cm³/mol. The van der Waals surface area contributed by atoms with Gasteiger partial charge in [0.15, 0.2) is 5.82 Å². The van der Waals surface area contributed by atoms with Gasteiger partial charge in [0.05, 0.1) is 0 Å². The molecule has 36 heavy (non-hydrogen) atoms. The van der Waals surface area contributed by atoms with E-state index in [1.54, 1.807) is 20.8 Å². The predicted octanol–water partition coefficient (Wildman–Crippen LogP) is 2.37. The van der Waals surface area contributed by atoms with E-state index in [-0.39, 0.29) is 24.3 Å².